The number of ether oxygens (including phenoxy) is 1. The van der Waals surface area contributed by atoms with E-state index in [1.165, 1.54) is 38.5 Å². The highest BCUT2D eigenvalue weighted by atomic mass is 16.5. The Morgan fingerprint density at radius 3 is 2.12 bits per heavy atom. The topological polar surface area (TPSA) is 26.3 Å². The molecule has 1 saturated heterocycles. The fourth-order valence-corrected chi connectivity index (χ4v) is 2.84. The molecule has 0 radical (unpaired) electrons. The summed E-state index contributed by atoms with van der Waals surface area (Å²) in [7, 11) is 0. The number of rotatable bonds is 8. The van der Waals surface area contributed by atoms with Crippen molar-refractivity contribution in [1.82, 2.24) is 0 Å². The highest BCUT2D eigenvalue weighted by Gasteiger charge is 2.40. The first-order valence-electron chi connectivity index (χ1n) is 7.42. The van der Waals surface area contributed by atoms with E-state index in [-0.39, 0.29) is 11.4 Å². The van der Waals surface area contributed by atoms with Crippen LogP contribution in [-0.2, 0) is 9.53 Å². The number of hydrogen-bond acceptors (Lipinski definition) is 2. The summed E-state index contributed by atoms with van der Waals surface area (Å²) in [4.78, 5) is 12.1. The van der Waals surface area contributed by atoms with Gasteiger partial charge >= 0.3 is 5.97 Å². The highest BCUT2D eigenvalue weighted by molar-refractivity contribution is 5.77. The largest absolute Gasteiger partial charge is 0.465 e. The molecule has 100 valence electrons. The molecular weight excluding hydrogens is 212 g/mol. The van der Waals surface area contributed by atoms with Gasteiger partial charge in [-0.15, -0.1) is 0 Å². The molecule has 17 heavy (non-hydrogen) atoms. The smallest absolute Gasteiger partial charge is 0.312 e. The van der Waals surface area contributed by atoms with Crippen LogP contribution in [0.4, 0.5) is 0 Å². The van der Waals surface area contributed by atoms with Gasteiger partial charge in [-0.05, 0) is 25.7 Å². The predicted octanol–water partition coefficient (Wildman–Crippen LogP) is 4.47. The van der Waals surface area contributed by atoms with Gasteiger partial charge in [0.1, 0.15) is 0 Å². The number of cyclic esters (lactones) is 1. The number of carbonyl (C=O) groups excluding carboxylic acids is 1. The third-order valence-corrected chi connectivity index (χ3v) is 3.98. The van der Waals surface area contributed by atoms with Gasteiger partial charge in [0.05, 0.1) is 12.0 Å². The molecule has 0 aromatic carbocycles. The minimum atomic E-state index is -0.122. The van der Waals surface area contributed by atoms with Crippen LogP contribution < -0.4 is 0 Å². The molecule has 0 spiro atoms. The summed E-state index contributed by atoms with van der Waals surface area (Å²) in [5.74, 6) is 0.0935. The maximum Gasteiger partial charge on any atom is 0.312 e. The molecule has 0 aromatic rings. The zero-order valence-corrected chi connectivity index (χ0v) is 11.6. The van der Waals surface area contributed by atoms with Gasteiger partial charge in [-0.3, -0.25) is 4.79 Å². The van der Waals surface area contributed by atoms with Crippen LogP contribution in [0.25, 0.3) is 0 Å². The summed E-state index contributed by atoms with van der Waals surface area (Å²) in [5.41, 5.74) is -0.122. The lowest BCUT2D eigenvalue weighted by atomic mass is 9.73. The summed E-state index contributed by atoms with van der Waals surface area (Å²) in [6.07, 6.45) is 11.5. The Kier molecular flexibility index (Phi) is 6.61. The van der Waals surface area contributed by atoms with Gasteiger partial charge in [0.15, 0.2) is 0 Å². The number of unbranched alkanes of at least 4 members (excludes halogenated alkanes) is 4. The van der Waals surface area contributed by atoms with Crippen LogP contribution >= 0.6 is 0 Å². The van der Waals surface area contributed by atoms with Gasteiger partial charge in [-0.1, -0.05) is 52.4 Å². The maximum absolute atomic E-state index is 12.1. The number of esters is 1. The van der Waals surface area contributed by atoms with Gasteiger partial charge in [-0.2, -0.15) is 0 Å². The predicted molar refractivity (Wildman–Crippen MR) is 70.9 cm³/mol. The molecule has 0 unspecified atom stereocenters. The normalized spacial score (nSPS) is 19.1. The van der Waals surface area contributed by atoms with Gasteiger partial charge in [0.2, 0.25) is 0 Å². The van der Waals surface area contributed by atoms with Crippen molar-refractivity contribution in [3.8, 4) is 0 Å². The zero-order chi connectivity index (χ0) is 12.6. The third kappa shape index (κ3) is 4.33. The molecule has 0 bridgehead atoms. The maximum atomic E-state index is 12.1. The molecule has 1 aliphatic heterocycles. The molecule has 0 saturated carbocycles. The van der Waals surface area contributed by atoms with Crippen molar-refractivity contribution in [3.05, 3.63) is 0 Å². The van der Waals surface area contributed by atoms with Crippen molar-refractivity contribution in [1.29, 1.82) is 0 Å². The van der Waals surface area contributed by atoms with Crippen molar-refractivity contribution in [2.24, 2.45) is 5.41 Å². The molecule has 0 N–H and O–H groups in total. The Hall–Kier alpha value is -0.530. The Labute approximate surface area is 106 Å². The van der Waals surface area contributed by atoms with Crippen molar-refractivity contribution in [2.75, 3.05) is 6.61 Å². The number of carbonyl (C=O) groups is 1. The second-order valence-corrected chi connectivity index (χ2v) is 5.43. The second-order valence-electron chi connectivity index (χ2n) is 5.43. The lowest BCUT2D eigenvalue weighted by molar-refractivity contribution is -0.163. The monoisotopic (exact) mass is 240 g/mol. The summed E-state index contributed by atoms with van der Waals surface area (Å²) in [5, 5.41) is 0. The Bertz CT molecular complexity index is 213. The average molecular weight is 240 g/mol. The van der Waals surface area contributed by atoms with E-state index in [1.54, 1.807) is 0 Å². The fourth-order valence-electron chi connectivity index (χ4n) is 2.84. The first-order valence-corrected chi connectivity index (χ1v) is 7.42. The van der Waals surface area contributed by atoms with E-state index in [2.05, 4.69) is 13.8 Å². The summed E-state index contributed by atoms with van der Waals surface area (Å²) in [6.45, 7) is 5.06. The lowest BCUT2D eigenvalue weighted by Crippen LogP contribution is -2.37. The highest BCUT2D eigenvalue weighted by Crippen LogP contribution is 2.40. The van der Waals surface area contributed by atoms with E-state index in [1.807, 2.05) is 0 Å². The molecule has 1 fully saturated rings. The Morgan fingerprint density at radius 1 is 1.06 bits per heavy atom. The van der Waals surface area contributed by atoms with Crippen LogP contribution in [0.15, 0.2) is 0 Å². The van der Waals surface area contributed by atoms with Crippen molar-refractivity contribution < 1.29 is 9.53 Å². The van der Waals surface area contributed by atoms with Gasteiger partial charge in [0.25, 0.3) is 0 Å². The van der Waals surface area contributed by atoms with E-state index in [9.17, 15) is 4.79 Å². The second kappa shape index (κ2) is 7.73. The van der Waals surface area contributed by atoms with Crippen LogP contribution in [0.1, 0.15) is 78.1 Å². The van der Waals surface area contributed by atoms with Crippen molar-refractivity contribution >= 4 is 5.97 Å². The van der Waals surface area contributed by atoms with Crippen LogP contribution in [0.2, 0.25) is 0 Å². The van der Waals surface area contributed by atoms with Gasteiger partial charge in [-0.25, -0.2) is 0 Å². The van der Waals surface area contributed by atoms with E-state index in [4.69, 9.17) is 4.74 Å². The molecule has 0 amide bonds. The summed E-state index contributed by atoms with van der Waals surface area (Å²) in [6, 6.07) is 0. The standard InChI is InChI=1S/C15H28O2/c1-3-5-7-10-15(11-8-6-4-2)12-9-13-17-14(15)16/h3-13H2,1-2H3. The first-order chi connectivity index (χ1) is 8.25. The van der Waals surface area contributed by atoms with Gasteiger partial charge < -0.3 is 4.74 Å². The van der Waals surface area contributed by atoms with Crippen molar-refractivity contribution in [2.45, 2.75) is 78.1 Å². The Balaban J connectivity index is 2.51. The van der Waals surface area contributed by atoms with Crippen molar-refractivity contribution in [3.63, 3.8) is 0 Å². The Morgan fingerprint density at radius 2 is 1.65 bits per heavy atom. The molecule has 2 heteroatoms. The number of hydrogen-bond donors (Lipinski definition) is 0. The summed E-state index contributed by atoms with van der Waals surface area (Å²) < 4.78 is 5.32. The van der Waals surface area contributed by atoms with E-state index in [0.717, 1.165) is 25.7 Å². The lowest BCUT2D eigenvalue weighted by Gasteiger charge is -2.35. The van der Waals surface area contributed by atoms with Gasteiger partial charge in [0, 0.05) is 0 Å². The first kappa shape index (κ1) is 14.5. The van der Waals surface area contributed by atoms with Crippen LogP contribution in [0.5, 0.6) is 0 Å². The molecule has 0 aromatic heterocycles. The fraction of sp³-hybridized carbons (Fsp3) is 0.933. The quantitative estimate of drug-likeness (QED) is 0.462. The molecule has 1 heterocycles. The SMILES string of the molecule is CCCCCC1(CCCCC)CCCOC1=O. The minimum absolute atomic E-state index is 0.0935. The summed E-state index contributed by atoms with van der Waals surface area (Å²) >= 11 is 0. The molecule has 2 nitrogen and oxygen atoms in total. The van der Waals surface area contributed by atoms with Crippen LogP contribution in [-0.4, -0.2) is 12.6 Å². The van der Waals surface area contributed by atoms with E-state index in [0.29, 0.717) is 6.61 Å². The molecule has 0 atom stereocenters. The van der Waals surface area contributed by atoms with E-state index >= 15 is 0 Å². The molecular formula is C15H28O2. The van der Waals surface area contributed by atoms with Crippen LogP contribution in [0, 0.1) is 5.41 Å². The van der Waals surface area contributed by atoms with Crippen LogP contribution in [0.3, 0.4) is 0 Å². The molecule has 1 aliphatic rings. The molecule has 0 aliphatic carbocycles. The van der Waals surface area contributed by atoms with E-state index < -0.39 is 0 Å². The minimum Gasteiger partial charge on any atom is -0.465 e. The zero-order valence-electron chi connectivity index (χ0n) is 11.6. The molecule has 1 rings (SSSR count). The average Bonchev–Trinajstić information content (AvgIpc) is 2.33. The third-order valence-electron chi connectivity index (χ3n) is 3.98.